The van der Waals surface area contributed by atoms with E-state index in [4.69, 9.17) is 0 Å². The second-order valence-electron chi connectivity index (χ2n) is 11.8. The van der Waals surface area contributed by atoms with Crippen molar-refractivity contribution >= 4 is 0 Å². The first-order chi connectivity index (χ1) is 14.9. The molecule has 0 aliphatic heterocycles. The second kappa shape index (κ2) is 15.7. The van der Waals surface area contributed by atoms with E-state index < -0.39 is 0 Å². The molecule has 3 rings (SSSR count). The van der Waals surface area contributed by atoms with Crippen molar-refractivity contribution in [3.05, 3.63) is 0 Å². The zero-order chi connectivity index (χ0) is 20.7. The largest absolute Gasteiger partial charge is 0.0533 e. The summed E-state index contributed by atoms with van der Waals surface area (Å²) in [7, 11) is 0. The third-order valence-electron chi connectivity index (χ3n) is 9.29. The Morgan fingerprint density at radius 1 is 0.300 bits per heavy atom. The molecule has 0 saturated heterocycles. The molecule has 0 bridgehead atoms. The normalized spacial score (nSPS) is 31.2. The van der Waals surface area contributed by atoms with Crippen molar-refractivity contribution in [3.8, 4) is 0 Å². The molecule has 0 nitrogen and oxygen atoms in total. The van der Waals surface area contributed by atoms with Crippen LogP contribution in [0.15, 0.2) is 0 Å². The van der Waals surface area contributed by atoms with Crippen LogP contribution < -0.4 is 0 Å². The Morgan fingerprint density at radius 2 is 0.700 bits per heavy atom. The predicted octanol–water partition coefficient (Wildman–Crippen LogP) is 10.6. The quantitative estimate of drug-likeness (QED) is 0.429. The van der Waals surface area contributed by atoms with E-state index >= 15 is 0 Å². The van der Waals surface area contributed by atoms with Gasteiger partial charge in [0.2, 0.25) is 0 Å². The fourth-order valence-electron chi connectivity index (χ4n) is 7.38. The highest BCUT2D eigenvalue weighted by atomic mass is 14.4. The average Bonchev–Trinajstić information content (AvgIpc) is 3.19. The van der Waals surface area contributed by atoms with Crippen molar-refractivity contribution in [3.63, 3.8) is 0 Å². The molecule has 0 heteroatoms. The number of rotatable bonds is 3. The van der Waals surface area contributed by atoms with Crippen molar-refractivity contribution in [2.45, 2.75) is 167 Å². The zero-order valence-corrected chi connectivity index (χ0v) is 20.7. The summed E-state index contributed by atoms with van der Waals surface area (Å²) in [5.41, 5.74) is 0. The highest BCUT2D eigenvalue weighted by Crippen LogP contribution is 2.43. The van der Waals surface area contributed by atoms with Gasteiger partial charge in [-0.3, -0.25) is 0 Å². The van der Waals surface area contributed by atoms with E-state index in [9.17, 15) is 0 Å². The maximum atomic E-state index is 1.61. The van der Waals surface area contributed by atoms with Gasteiger partial charge in [0.25, 0.3) is 0 Å². The molecule has 3 aliphatic rings. The van der Waals surface area contributed by atoms with Crippen LogP contribution >= 0.6 is 0 Å². The Morgan fingerprint density at radius 3 is 1.17 bits per heavy atom. The van der Waals surface area contributed by atoms with Gasteiger partial charge in [0, 0.05) is 0 Å². The van der Waals surface area contributed by atoms with Gasteiger partial charge in [-0.2, -0.15) is 0 Å². The first-order valence-corrected chi connectivity index (χ1v) is 14.9. The van der Waals surface area contributed by atoms with Gasteiger partial charge in [-0.25, -0.2) is 0 Å². The highest BCUT2D eigenvalue weighted by molar-refractivity contribution is 4.83. The molecule has 30 heavy (non-hydrogen) atoms. The summed E-state index contributed by atoms with van der Waals surface area (Å²) < 4.78 is 0. The summed E-state index contributed by atoms with van der Waals surface area (Å²) in [6.07, 6.45) is 40.0. The molecule has 2 atom stereocenters. The van der Waals surface area contributed by atoms with Crippen LogP contribution in [0.2, 0.25) is 0 Å². The highest BCUT2D eigenvalue weighted by Gasteiger charge is 2.31. The lowest BCUT2D eigenvalue weighted by molar-refractivity contribution is 0.262. The van der Waals surface area contributed by atoms with E-state index in [-0.39, 0.29) is 0 Å². The van der Waals surface area contributed by atoms with Crippen LogP contribution in [-0.4, -0.2) is 0 Å². The summed E-state index contributed by atoms with van der Waals surface area (Å²) in [4.78, 5) is 0. The smallest absolute Gasteiger partial charge is 0.0383 e. The SMILES string of the molecule is C1CCCCCCC(CC2CCC(C3CCCCCCCCCC3)C2)CCCCC1. The van der Waals surface area contributed by atoms with Gasteiger partial charge in [-0.15, -0.1) is 0 Å². The van der Waals surface area contributed by atoms with Crippen LogP contribution in [-0.2, 0) is 0 Å². The molecule has 3 aliphatic carbocycles. The van der Waals surface area contributed by atoms with Gasteiger partial charge in [0.1, 0.15) is 0 Å². The lowest BCUT2D eigenvalue weighted by atomic mass is 9.81. The standard InChI is InChI=1S/C30H56/c1-2-4-8-12-16-20-27(19-15-11-7-3-1)25-28-23-24-30(26-28)29-21-17-13-9-5-6-10-14-18-22-29/h27-30H,1-26H2. The van der Waals surface area contributed by atoms with Gasteiger partial charge in [0.15, 0.2) is 0 Å². The minimum atomic E-state index is 1.07. The zero-order valence-electron chi connectivity index (χ0n) is 20.7. The molecule has 0 N–H and O–H groups in total. The summed E-state index contributed by atoms with van der Waals surface area (Å²) in [5, 5.41) is 0. The van der Waals surface area contributed by atoms with Crippen molar-refractivity contribution in [2.24, 2.45) is 23.7 Å². The minimum Gasteiger partial charge on any atom is -0.0533 e. The van der Waals surface area contributed by atoms with E-state index in [1.54, 1.807) is 51.4 Å². The number of hydrogen-bond donors (Lipinski definition) is 0. The molecule has 3 saturated carbocycles. The molecule has 0 aromatic heterocycles. The minimum absolute atomic E-state index is 1.07. The van der Waals surface area contributed by atoms with Crippen LogP contribution in [0.25, 0.3) is 0 Å². The Bertz CT molecular complexity index is 373. The van der Waals surface area contributed by atoms with E-state index in [1.807, 2.05) is 0 Å². The lowest BCUT2D eigenvalue weighted by Gasteiger charge is -2.25. The number of hydrogen-bond acceptors (Lipinski definition) is 0. The average molecular weight is 417 g/mol. The Kier molecular flexibility index (Phi) is 12.9. The monoisotopic (exact) mass is 416 g/mol. The summed E-state index contributed by atoms with van der Waals surface area (Å²) in [5.74, 6) is 4.36. The molecule has 3 fully saturated rings. The third kappa shape index (κ3) is 10.1. The van der Waals surface area contributed by atoms with E-state index in [0.717, 1.165) is 23.7 Å². The lowest BCUT2D eigenvalue weighted by Crippen LogP contribution is -2.14. The first kappa shape index (κ1) is 24.6. The fraction of sp³-hybridized carbons (Fsp3) is 1.00. The molecule has 0 aromatic rings. The third-order valence-corrected chi connectivity index (χ3v) is 9.29. The molecular formula is C30H56. The van der Waals surface area contributed by atoms with E-state index in [1.165, 1.54) is 116 Å². The van der Waals surface area contributed by atoms with Gasteiger partial charge >= 0.3 is 0 Å². The molecular weight excluding hydrogens is 360 g/mol. The molecule has 0 amide bonds. The van der Waals surface area contributed by atoms with Gasteiger partial charge in [-0.1, -0.05) is 148 Å². The van der Waals surface area contributed by atoms with E-state index in [2.05, 4.69) is 0 Å². The van der Waals surface area contributed by atoms with Gasteiger partial charge in [-0.05, 0) is 42.9 Å². The molecule has 2 unspecified atom stereocenters. The molecule has 0 heterocycles. The van der Waals surface area contributed by atoms with E-state index in [0.29, 0.717) is 0 Å². The molecule has 0 aromatic carbocycles. The topological polar surface area (TPSA) is 0 Å². The maximum absolute atomic E-state index is 1.61. The fourth-order valence-corrected chi connectivity index (χ4v) is 7.38. The van der Waals surface area contributed by atoms with Crippen molar-refractivity contribution in [2.75, 3.05) is 0 Å². The van der Waals surface area contributed by atoms with Crippen LogP contribution in [0.5, 0.6) is 0 Å². The van der Waals surface area contributed by atoms with Crippen molar-refractivity contribution in [1.82, 2.24) is 0 Å². The first-order valence-electron chi connectivity index (χ1n) is 14.9. The summed E-state index contributed by atoms with van der Waals surface area (Å²) >= 11 is 0. The Labute approximate surface area is 190 Å². The second-order valence-corrected chi connectivity index (χ2v) is 11.8. The maximum Gasteiger partial charge on any atom is -0.0383 e. The molecule has 0 spiro atoms. The summed E-state index contributed by atoms with van der Waals surface area (Å²) in [6, 6.07) is 0. The van der Waals surface area contributed by atoms with Crippen molar-refractivity contribution in [1.29, 1.82) is 0 Å². The predicted molar refractivity (Wildman–Crippen MR) is 134 cm³/mol. The van der Waals surface area contributed by atoms with Crippen LogP contribution in [0, 0.1) is 23.7 Å². The Balaban J connectivity index is 1.42. The van der Waals surface area contributed by atoms with Gasteiger partial charge < -0.3 is 0 Å². The van der Waals surface area contributed by atoms with Gasteiger partial charge in [0.05, 0.1) is 0 Å². The van der Waals surface area contributed by atoms with Crippen LogP contribution in [0.3, 0.4) is 0 Å². The summed E-state index contributed by atoms with van der Waals surface area (Å²) in [6.45, 7) is 0. The Hall–Kier alpha value is 0. The molecule has 176 valence electrons. The van der Waals surface area contributed by atoms with Crippen LogP contribution in [0.4, 0.5) is 0 Å². The molecule has 0 radical (unpaired) electrons. The van der Waals surface area contributed by atoms with Crippen LogP contribution in [0.1, 0.15) is 167 Å². The van der Waals surface area contributed by atoms with Crippen molar-refractivity contribution < 1.29 is 0 Å².